The van der Waals surface area contributed by atoms with E-state index in [0.717, 1.165) is 38.0 Å². The van der Waals surface area contributed by atoms with Crippen LogP contribution in [0.2, 0.25) is 0 Å². The van der Waals surface area contributed by atoms with Gasteiger partial charge in [0.15, 0.2) is 5.96 Å². The second kappa shape index (κ2) is 8.52. The van der Waals surface area contributed by atoms with E-state index in [9.17, 15) is 4.79 Å². The van der Waals surface area contributed by atoms with Crippen molar-refractivity contribution < 1.29 is 4.79 Å². The summed E-state index contributed by atoms with van der Waals surface area (Å²) >= 11 is 0. The van der Waals surface area contributed by atoms with Gasteiger partial charge in [0.05, 0.1) is 0 Å². The summed E-state index contributed by atoms with van der Waals surface area (Å²) in [6.45, 7) is 2.33. The Morgan fingerprint density at radius 1 is 1.22 bits per heavy atom. The molecule has 3 rings (SSSR count). The molecule has 0 bridgehead atoms. The monoisotopic (exact) mass is 428 g/mol. The number of fused-ring (bicyclic) bond motifs is 1. The summed E-state index contributed by atoms with van der Waals surface area (Å²) in [6, 6.07) is 6.42. The van der Waals surface area contributed by atoms with Crippen molar-refractivity contribution in [1.29, 1.82) is 0 Å². The summed E-state index contributed by atoms with van der Waals surface area (Å²) in [5, 5.41) is 3.16. The number of hydrogen-bond donors (Lipinski definition) is 2. The fourth-order valence-electron chi connectivity index (χ4n) is 3.24. The molecule has 6 heteroatoms. The number of nitrogens with one attached hydrogen (secondary N) is 1. The maximum absolute atomic E-state index is 11.5. The van der Waals surface area contributed by atoms with Crippen molar-refractivity contribution in [2.24, 2.45) is 10.7 Å². The molecule has 1 aromatic rings. The molecule has 1 fully saturated rings. The van der Waals surface area contributed by atoms with Crippen LogP contribution in [0.25, 0.3) is 0 Å². The third-order valence-corrected chi connectivity index (χ3v) is 4.41. The molecule has 1 aliphatic heterocycles. The number of hydrogen-bond acceptors (Lipinski definition) is 2. The highest BCUT2D eigenvalue weighted by molar-refractivity contribution is 14.0. The normalized spacial score (nSPS) is 17.1. The number of halogens is 1. The van der Waals surface area contributed by atoms with Gasteiger partial charge in [-0.2, -0.15) is 0 Å². The molecule has 0 atom stereocenters. The summed E-state index contributed by atoms with van der Waals surface area (Å²) in [6.07, 6.45) is 6.14. The Kier molecular flexibility index (Phi) is 6.68. The highest BCUT2D eigenvalue weighted by Gasteiger charge is 2.18. The van der Waals surface area contributed by atoms with E-state index in [2.05, 4.69) is 28.5 Å². The molecule has 23 heavy (non-hydrogen) atoms. The first-order valence-electron chi connectivity index (χ1n) is 8.19. The Morgan fingerprint density at radius 3 is 2.83 bits per heavy atom. The number of aryl methyl sites for hydroxylation is 2. The zero-order valence-corrected chi connectivity index (χ0v) is 15.7. The van der Waals surface area contributed by atoms with Gasteiger partial charge in [-0.25, -0.2) is 0 Å². The molecule has 0 aromatic heterocycles. The zero-order chi connectivity index (χ0) is 15.4. The number of anilines is 1. The second-order valence-corrected chi connectivity index (χ2v) is 6.07. The predicted octanol–water partition coefficient (Wildman–Crippen LogP) is 2.53. The fourth-order valence-corrected chi connectivity index (χ4v) is 3.24. The van der Waals surface area contributed by atoms with Gasteiger partial charge in [-0.3, -0.25) is 9.79 Å². The number of nitrogens with zero attached hydrogens (tertiary/aromatic N) is 2. The molecule has 0 saturated carbocycles. The SMILES string of the molecule is I.NC(=NCCCN1CCCC1=O)Nc1ccc2c(c1)CCC2. The van der Waals surface area contributed by atoms with E-state index >= 15 is 0 Å². The lowest BCUT2D eigenvalue weighted by atomic mass is 10.1. The van der Waals surface area contributed by atoms with Crippen molar-refractivity contribution in [2.45, 2.75) is 38.5 Å². The van der Waals surface area contributed by atoms with E-state index in [1.165, 1.54) is 24.0 Å². The average molecular weight is 428 g/mol. The Bertz CT molecular complexity index is 588. The zero-order valence-electron chi connectivity index (χ0n) is 13.4. The van der Waals surface area contributed by atoms with Crippen LogP contribution in [0.4, 0.5) is 5.69 Å². The van der Waals surface area contributed by atoms with Crippen molar-refractivity contribution in [1.82, 2.24) is 4.90 Å². The summed E-state index contributed by atoms with van der Waals surface area (Å²) in [4.78, 5) is 17.8. The van der Waals surface area contributed by atoms with Gasteiger partial charge in [-0.1, -0.05) is 6.07 Å². The van der Waals surface area contributed by atoms with Crippen molar-refractivity contribution in [3.8, 4) is 0 Å². The van der Waals surface area contributed by atoms with E-state index in [1.807, 2.05) is 4.90 Å². The topological polar surface area (TPSA) is 70.7 Å². The molecule has 1 aliphatic carbocycles. The molecule has 0 radical (unpaired) electrons. The number of rotatable bonds is 5. The minimum Gasteiger partial charge on any atom is -0.370 e. The van der Waals surface area contributed by atoms with Gasteiger partial charge in [0.25, 0.3) is 0 Å². The van der Waals surface area contributed by atoms with Crippen LogP contribution in [0.5, 0.6) is 0 Å². The number of amides is 1. The highest BCUT2D eigenvalue weighted by atomic mass is 127. The minimum absolute atomic E-state index is 0. The first-order valence-corrected chi connectivity index (χ1v) is 8.19. The Labute approximate surface area is 154 Å². The largest absolute Gasteiger partial charge is 0.370 e. The molecule has 1 amide bonds. The van der Waals surface area contributed by atoms with Crippen LogP contribution in [-0.4, -0.2) is 36.4 Å². The summed E-state index contributed by atoms with van der Waals surface area (Å²) < 4.78 is 0. The molecular weight excluding hydrogens is 403 g/mol. The smallest absolute Gasteiger partial charge is 0.222 e. The molecule has 126 valence electrons. The molecule has 1 aromatic carbocycles. The number of aliphatic imine (C=N–C) groups is 1. The van der Waals surface area contributed by atoms with E-state index in [0.29, 0.717) is 18.9 Å². The molecule has 0 unspecified atom stereocenters. The van der Waals surface area contributed by atoms with Gasteiger partial charge in [0, 0.05) is 31.7 Å². The van der Waals surface area contributed by atoms with Crippen LogP contribution < -0.4 is 11.1 Å². The number of nitrogens with two attached hydrogens (primary N) is 1. The van der Waals surface area contributed by atoms with Crippen molar-refractivity contribution >= 4 is 41.5 Å². The van der Waals surface area contributed by atoms with Crippen LogP contribution >= 0.6 is 24.0 Å². The van der Waals surface area contributed by atoms with E-state index in [4.69, 9.17) is 5.73 Å². The molecule has 5 nitrogen and oxygen atoms in total. The van der Waals surface area contributed by atoms with Crippen LogP contribution in [0, 0.1) is 0 Å². The predicted molar refractivity (Wildman–Crippen MR) is 104 cm³/mol. The van der Waals surface area contributed by atoms with Crippen molar-refractivity contribution in [3.63, 3.8) is 0 Å². The van der Waals surface area contributed by atoms with Gasteiger partial charge in [0.1, 0.15) is 0 Å². The standard InChI is InChI=1S/C17H24N4O.HI/c18-17(19-9-3-11-21-10-2-6-16(21)22)20-15-8-7-13-4-1-5-14(13)12-15;/h7-8,12H,1-6,9-11H2,(H3,18,19,20);1H. The van der Waals surface area contributed by atoms with Gasteiger partial charge < -0.3 is 16.0 Å². The number of benzene rings is 1. The van der Waals surface area contributed by atoms with Crippen molar-refractivity contribution in [3.05, 3.63) is 29.3 Å². The maximum Gasteiger partial charge on any atom is 0.222 e. The van der Waals surface area contributed by atoms with Gasteiger partial charge in [-0.15, -0.1) is 24.0 Å². The minimum atomic E-state index is 0. The molecule has 2 aliphatic rings. The number of guanidine groups is 1. The lowest BCUT2D eigenvalue weighted by molar-refractivity contribution is -0.127. The summed E-state index contributed by atoms with van der Waals surface area (Å²) in [5.41, 5.74) is 9.82. The number of carbonyl (C=O) groups is 1. The van der Waals surface area contributed by atoms with Crippen molar-refractivity contribution in [2.75, 3.05) is 25.0 Å². The third kappa shape index (κ3) is 4.83. The highest BCUT2D eigenvalue weighted by Crippen LogP contribution is 2.24. The first-order chi connectivity index (χ1) is 10.7. The Morgan fingerprint density at radius 2 is 2.04 bits per heavy atom. The quantitative estimate of drug-likeness (QED) is 0.328. The van der Waals surface area contributed by atoms with Gasteiger partial charge in [0.2, 0.25) is 5.91 Å². The molecule has 3 N–H and O–H groups in total. The molecule has 0 spiro atoms. The number of likely N-dealkylation sites (tertiary alicyclic amines) is 1. The molecule has 1 saturated heterocycles. The summed E-state index contributed by atoms with van der Waals surface area (Å²) in [5.74, 6) is 0.721. The lowest BCUT2D eigenvalue weighted by Crippen LogP contribution is -2.27. The van der Waals surface area contributed by atoms with E-state index in [1.54, 1.807) is 0 Å². The third-order valence-electron chi connectivity index (χ3n) is 4.41. The fraction of sp³-hybridized carbons (Fsp3) is 0.529. The maximum atomic E-state index is 11.5. The molecular formula is C17H25IN4O. The van der Waals surface area contributed by atoms with Crippen LogP contribution in [0.3, 0.4) is 0 Å². The van der Waals surface area contributed by atoms with Gasteiger partial charge in [-0.05, 0) is 55.4 Å². The van der Waals surface area contributed by atoms with E-state index in [-0.39, 0.29) is 29.9 Å². The van der Waals surface area contributed by atoms with E-state index < -0.39 is 0 Å². The Hall–Kier alpha value is -1.31. The Balaban J connectivity index is 0.00000192. The van der Waals surface area contributed by atoms with Crippen LogP contribution in [0.15, 0.2) is 23.2 Å². The second-order valence-electron chi connectivity index (χ2n) is 6.07. The first kappa shape index (κ1) is 18.0. The average Bonchev–Trinajstić information content (AvgIpc) is 3.12. The lowest BCUT2D eigenvalue weighted by Gasteiger charge is -2.14. The van der Waals surface area contributed by atoms with Crippen LogP contribution in [0.1, 0.15) is 36.8 Å². The van der Waals surface area contributed by atoms with Gasteiger partial charge >= 0.3 is 0 Å². The van der Waals surface area contributed by atoms with Crippen LogP contribution in [-0.2, 0) is 17.6 Å². The molecule has 1 heterocycles. The summed E-state index contributed by atoms with van der Waals surface area (Å²) in [7, 11) is 0. The number of carbonyl (C=O) groups excluding carboxylic acids is 1.